The molecule has 0 radical (unpaired) electrons. The Labute approximate surface area is 153 Å². The molecule has 0 saturated heterocycles. The van der Waals surface area contributed by atoms with E-state index in [4.69, 9.17) is 4.74 Å². The smallest absolute Gasteiger partial charge is 0.270 e. The van der Waals surface area contributed by atoms with Crippen molar-refractivity contribution in [3.05, 3.63) is 65.1 Å². The molecule has 0 saturated carbocycles. The quantitative estimate of drug-likeness (QED) is 0.675. The van der Waals surface area contributed by atoms with Gasteiger partial charge in [0, 0.05) is 6.20 Å². The summed E-state index contributed by atoms with van der Waals surface area (Å²) in [6, 6.07) is 6.15. The van der Waals surface area contributed by atoms with Gasteiger partial charge in [0.1, 0.15) is 30.2 Å². The molecule has 0 unspecified atom stereocenters. The van der Waals surface area contributed by atoms with Crippen molar-refractivity contribution in [2.75, 3.05) is 0 Å². The Balaban J connectivity index is 1.93. The molecule has 1 aromatic carbocycles. The molecule has 3 aromatic rings. The molecular formula is C19H17F2N3O3. The molecule has 0 aliphatic carbocycles. The van der Waals surface area contributed by atoms with E-state index in [1.54, 1.807) is 32.2 Å². The molecule has 1 atom stereocenters. The molecule has 0 spiro atoms. The Morgan fingerprint density at radius 2 is 2.00 bits per heavy atom. The summed E-state index contributed by atoms with van der Waals surface area (Å²) in [5.74, 6) is -1.60. The van der Waals surface area contributed by atoms with E-state index in [0.717, 1.165) is 12.1 Å². The van der Waals surface area contributed by atoms with E-state index < -0.39 is 23.6 Å². The fraction of sp³-hybridized carbons (Fsp3) is 0.211. The van der Waals surface area contributed by atoms with Crippen LogP contribution in [0.4, 0.5) is 8.78 Å². The molecular weight excluding hydrogens is 356 g/mol. The number of hydrogen-bond acceptors (Lipinski definition) is 4. The van der Waals surface area contributed by atoms with Gasteiger partial charge in [0.15, 0.2) is 11.4 Å². The Kier molecular flexibility index (Phi) is 5.16. The zero-order chi connectivity index (χ0) is 19.6. The molecule has 6 nitrogen and oxygen atoms in total. The Morgan fingerprint density at radius 1 is 1.30 bits per heavy atom. The van der Waals surface area contributed by atoms with Crippen LogP contribution in [0.15, 0.2) is 36.5 Å². The number of nitrogens with one attached hydrogen (secondary N) is 1. The highest BCUT2D eigenvalue weighted by Crippen LogP contribution is 2.24. The lowest BCUT2D eigenvalue weighted by Crippen LogP contribution is -2.34. The van der Waals surface area contributed by atoms with E-state index >= 15 is 0 Å². The summed E-state index contributed by atoms with van der Waals surface area (Å²) in [5, 5.41) is 2.55. The number of carbonyl (C=O) groups is 2. The topological polar surface area (TPSA) is 72.7 Å². The molecule has 8 heteroatoms. The number of aromatic nitrogens is 2. The Hall–Kier alpha value is -3.29. The molecule has 0 bridgehead atoms. The first-order valence-corrected chi connectivity index (χ1v) is 8.22. The van der Waals surface area contributed by atoms with Crippen molar-refractivity contribution in [2.45, 2.75) is 26.5 Å². The maximum absolute atomic E-state index is 13.8. The van der Waals surface area contributed by atoms with Crippen LogP contribution in [-0.4, -0.2) is 27.6 Å². The molecule has 2 aromatic heterocycles. The average molecular weight is 373 g/mol. The van der Waals surface area contributed by atoms with Gasteiger partial charge in [-0.2, -0.15) is 0 Å². The second-order valence-electron chi connectivity index (χ2n) is 6.00. The lowest BCUT2D eigenvalue weighted by Gasteiger charge is -2.10. The first-order valence-electron chi connectivity index (χ1n) is 8.22. The minimum absolute atomic E-state index is 0.194. The average Bonchev–Trinajstić information content (AvgIpc) is 2.97. The third kappa shape index (κ3) is 3.64. The highest BCUT2D eigenvalue weighted by atomic mass is 19.1. The van der Waals surface area contributed by atoms with Crippen LogP contribution in [0.25, 0.3) is 5.65 Å². The summed E-state index contributed by atoms with van der Waals surface area (Å²) in [6.45, 7) is 2.88. The maximum atomic E-state index is 13.8. The van der Waals surface area contributed by atoms with Crippen molar-refractivity contribution in [2.24, 2.45) is 0 Å². The first kappa shape index (κ1) is 18.5. The number of rotatable bonds is 6. The molecule has 2 heterocycles. The van der Waals surface area contributed by atoms with Crippen LogP contribution in [0.3, 0.4) is 0 Å². The second-order valence-corrected chi connectivity index (χ2v) is 6.00. The normalized spacial score (nSPS) is 12.0. The van der Waals surface area contributed by atoms with Crippen LogP contribution in [0, 0.1) is 18.6 Å². The molecule has 0 aliphatic heterocycles. The fourth-order valence-corrected chi connectivity index (χ4v) is 2.67. The summed E-state index contributed by atoms with van der Waals surface area (Å²) in [5.41, 5.74) is 0.816. The third-order valence-electron chi connectivity index (χ3n) is 4.00. The molecule has 140 valence electrons. The summed E-state index contributed by atoms with van der Waals surface area (Å²) in [7, 11) is 0. The predicted molar refractivity (Wildman–Crippen MR) is 93.6 cm³/mol. The predicted octanol–water partition coefficient (Wildman–Crippen LogP) is 2.82. The third-order valence-corrected chi connectivity index (χ3v) is 4.00. The van der Waals surface area contributed by atoms with Gasteiger partial charge in [0.05, 0.1) is 17.3 Å². The number of imidazole rings is 1. The number of hydrogen-bond donors (Lipinski definition) is 1. The van der Waals surface area contributed by atoms with E-state index in [1.165, 1.54) is 10.5 Å². The lowest BCUT2D eigenvalue weighted by atomic mass is 10.2. The van der Waals surface area contributed by atoms with Gasteiger partial charge in [0.2, 0.25) is 0 Å². The molecule has 1 N–H and O–H groups in total. The van der Waals surface area contributed by atoms with E-state index in [2.05, 4.69) is 10.3 Å². The van der Waals surface area contributed by atoms with Crippen molar-refractivity contribution in [3.63, 3.8) is 0 Å². The number of pyridine rings is 1. The lowest BCUT2D eigenvalue weighted by molar-refractivity contribution is -0.109. The van der Waals surface area contributed by atoms with Crippen molar-refractivity contribution in [3.8, 4) is 5.75 Å². The van der Waals surface area contributed by atoms with Crippen LogP contribution >= 0.6 is 0 Å². The summed E-state index contributed by atoms with van der Waals surface area (Å²) < 4.78 is 34.6. The number of halogens is 2. The number of nitrogens with zero attached hydrogens (tertiary/aromatic N) is 2. The number of carbonyl (C=O) groups excluding carboxylic acids is 2. The number of aldehydes is 1. The standard InChI is InChI=1S/C19H17F2N3O3/c1-11(9-25)22-19(26)17-12(2)23-18-16(7-4-8-24(17)18)27-10-13-14(20)5-3-6-15(13)21/h3-9,11H,10H2,1-2H3,(H,22,26)/t11-/m1/s1. The van der Waals surface area contributed by atoms with Gasteiger partial charge in [-0.1, -0.05) is 6.07 Å². The number of fused-ring (bicyclic) bond motifs is 1. The van der Waals surface area contributed by atoms with Crippen LogP contribution in [0.2, 0.25) is 0 Å². The molecule has 1 amide bonds. The minimum atomic E-state index is -0.704. The van der Waals surface area contributed by atoms with Gasteiger partial charge >= 0.3 is 0 Å². The summed E-state index contributed by atoms with van der Waals surface area (Å²) >= 11 is 0. The van der Waals surface area contributed by atoms with Crippen molar-refractivity contribution < 1.29 is 23.1 Å². The van der Waals surface area contributed by atoms with Gasteiger partial charge in [0.25, 0.3) is 5.91 Å². The minimum Gasteiger partial charge on any atom is -0.485 e. The Morgan fingerprint density at radius 3 is 2.67 bits per heavy atom. The number of benzene rings is 1. The second kappa shape index (κ2) is 7.53. The molecule has 3 rings (SSSR count). The van der Waals surface area contributed by atoms with Crippen LogP contribution in [0.1, 0.15) is 28.7 Å². The van der Waals surface area contributed by atoms with Crippen molar-refractivity contribution in [1.82, 2.24) is 14.7 Å². The van der Waals surface area contributed by atoms with E-state index in [0.29, 0.717) is 17.6 Å². The molecule has 0 fully saturated rings. The maximum Gasteiger partial charge on any atom is 0.270 e. The van der Waals surface area contributed by atoms with E-state index in [-0.39, 0.29) is 23.6 Å². The zero-order valence-corrected chi connectivity index (χ0v) is 14.7. The van der Waals surface area contributed by atoms with Gasteiger partial charge in [-0.3, -0.25) is 9.20 Å². The summed E-state index contributed by atoms with van der Waals surface area (Å²) in [6.07, 6.45) is 2.24. The SMILES string of the molecule is Cc1nc2c(OCc3c(F)cccc3F)cccn2c1C(=O)N[C@H](C)C=O. The van der Waals surface area contributed by atoms with Gasteiger partial charge < -0.3 is 14.8 Å². The van der Waals surface area contributed by atoms with Crippen LogP contribution in [0.5, 0.6) is 5.75 Å². The van der Waals surface area contributed by atoms with Crippen LogP contribution in [-0.2, 0) is 11.4 Å². The van der Waals surface area contributed by atoms with Crippen molar-refractivity contribution in [1.29, 1.82) is 0 Å². The highest BCUT2D eigenvalue weighted by molar-refractivity contribution is 5.96. The summed E-state index contributed by atoms with van der Waals surface area (Å²) in [4.78, 5) is 27.5. The van der Waals surface area contributed by atoms with Gasteiger partial charge in [-0.25, -0.2) is 13.8 Å². The highest BCUT2D eigenvalue weighted by Gasteiger charge is 2.20. The number of amides is 1. The number of ether oxygens (including phenoxy) is 1. The first-order chi connectivity index (χ1) is 12.9. The van der Waals surface area contributed by atoms with Gasteiger partial charge in [-0.05, 0) is 38.1 Å². The van der Waals surface area contributed by atoms with Crippen LogP contribution < -0.4 is 10.1 Å². The van der Waals surface area contributed by atoms with Gasteiger partial charge in [-0.15, -0.1) is 0 Å². The number of aryl methyl sites for hydroxylation is 1. The molecule has 27 heavy (non-hydrogen) atoms. The monoisotopic (exact) mass is 373 g/mol. The fourth-order valence-electron chi connectivity index (χ4n) is 2.67. The largest absolute Gasteiger partial charge is 0.485 e. The molecule has 0 aliphatic rings. The van der Waals surface area contributed by atoms with E-state index in [9.17, 15) is 18.4 Å². The zero-order valence-electron chi connectivity index (χ0n) is 14.7. The Bertz CT molecular complexity index is 997. The van der Waals surface area contributed by atoms with Crippen molar-refractivity contribution >= 4 is 17.8 Å². The van der Waals surface area contributed by atoms with E-state index in [1.807, 2.05) is 0 Å².